The minimum atomic E-state index is 0.479. The molecule has 3 heteroatoms. The maximum Gasteiger partial charge on any atom is 0.134 e. The summed E-state index contributed by atoms with van der Waals surface area (Å²) in [4.78, 5) is 0. The highest BCUT2D eigenvalue weighted by Crippen LogP contribution is 2.33. The van der Waals surface area contributed by atoms with Crippen LogP contribution in [0.4, 0.5) is 0 Å². The third-order valence-corrected chi connectivity index (χ3v) is 4.25. The fourth-order valence-electron chi connectivity index (χ4n) is 0.940. The summed E-state index contributed by atoms with van der Waals surface area (Å²) in [5.74, 6) is 1.01. The van der Waals surface area contributed by atoms with E-state index in [1.54, 1.807) is 0 Å². The molecule has 1 aliphatic rings. The van der Waals surface area contributed by atoms with Gasteiger partial charge in [-0.2, -0.15) is 0 Å². The van der Waals surface area contributed by atoms with Crippen molar-refractivity contribution in [3.05, 3.63) is 26.2 Å². The fraction of sp³-hybridized carbons (Fsp3) is 0.333. The van der Waals surface area contributed by atoms with Gasteiger partial charge >= 0.3 is 0 Å². The second-order valence-electron chi connectivity index (χ2n) is 2.87. The van der Waals surface area contributed by atoms with Gasteiger partial charge in [0.25, 0.3) is 0 Å². The van der Waals surface area contributed by atoms with E-state index in [9.17, 15) is 0 Å². The van der Waals surface area contributed by atoms with E-state index in [1.807, 2.05) is 18.2 Å². The van der Waals surface area contributed by atoms with E-state index in [1.165, 1.54) is 16.4 Å². The first-order chi connectivity index (χ1) is 5.77. The summed E-state index contributed by atoms with van der Waals surface area (Å²) in [7, 11) is 0. The zero-order valence-electron chi connectivity index (χ0n) is 6.39. The van der Waals surface area contributed by atoms with E-state index < -0.39 is 0 Å². The van der Waals surface area contributed by atoms with Crippen LogP contribution in [0, 0.1) is 3.57 Å². The van der Waals surface area contributed by atoms with E-state index in [0.717, 1.165) is 10.2 Å². The third-order valence-electron chi connectivity index (χ3n) is 1.73. The predicted molar refractivity (Wildman–Crippen MR) is 60.5 cm³/mol. The van der Waals surface area contributed by atoms with Crippen LogP contribution >= 0.6 is 38.5 Å². The number of rotatable bonds is 2. The molecule has 0 spiro atoms. The lowest BCUT2D eigenvalue weighted by atomic mass is 10.3. The number of hydrogen-bond acceptors (Lipinski definition) is 1. The normalized spacial score (nSPS) is 16.2. The van der Waals surface area contributed by atoms with E-state index >= 15 is 0 Å². The highest BCUT2D eigenvalue weighted by atomic mass is 127. The number of hydrogen-bond donors (Lipinski definition) is 0. The van der Waals surface area contributed by atoms with Gasteiger partial charge in [-0.3, -0.25) is 0 Å². The molecule has 0 saturated heterocycles. The van der Waals surface area contributed by atoms with Gasteiger partial charge in [-0.15, -0.1) is 0 Å². The molecule has 0 heterocycles. The Morgan fingerprint density at radius 2 is 2.17 bits per heavy atom. The van der Waals surface area contributed by atoms with Crippen molar-refractivity contribution in [1.82, 2.24) is 0 Å². The first-order valence-corrected chi connectivity index (χ1v) is 5.75. The number of benzene rings is 1. The van der Waals surface area contributed by atoms with Gasteiger partial charge in [0, 0.05) is 4.47 Å². The van der Waals surface area contributed by atoms with Crippen molar-refractivity contribution in [3.8, 4) is 5.75 Å². The Hall–Kier alpha value is 0.230. The number of ether oxygens (including phenoxy) is 1. The minimum absolute atomic E-state index is 0.479. The van der Waals surface area contributed by atoms with E-state index in [4.69, 9.17) is 4.74 Å². The van der Waals surface area contributed by atoms with Gasteiger partial charge in [-0.25, -0.2) is 0 Å². The highest BCUT2D eigenvalue weighted by Gasteiger charge is 2.24. The van der Waals surface area contributed by atoms with Crippen LogP contribution in [0.5, 0.6) is 5.75 Å². The highest BCUT2D eigenvalue weighted by molar-refractivity contribution is 14.1. The molecule has 0 N–H and O–H groups in total. The molecule has 0 aliphatic heterocycles. The van der Waals surface area contributed by atoms with Crippen LogP contribution in [0.3, 0.4) is 0 Å². The molecule has 1 aliphatic carbocycles. The Morgan fingerprint density at radius 1 is 1.42 bits per heavy atom. The lowest BCUT2D eigenvalue weighted by Crippen LogP contribution is -1.97. The first-order valence-electron chi connectivity index (χ1n) is 3.88. The van der Waals surface area contributed by atoms with Gasteiger partial charge in [-0.1, -0.05) is 6.07 Å². The molecule has 0 bridgehead atoms. The molecule has 0 atom stereocenters. The Labute approximate surface area is 93.8 Å². The maximum absolute atomic E-state index is 5.70. The molecule has 1 fully saturated rings. The Kier molecular flexibility index (Phi) is 2.60. The SMILES string of the molecule is Brc1cccc(OC2CC2)c1I. The average molecular weight is 339 g/mol. The van der Waals surface area contributed by atoms with Crippen LogP contribution in [0.25, 0.3) is 0 Å². The summed E-state index contributed by atoms with van der Waals surface area (Å²) in [5.41, 5.74) is 0. The molecule has 0 radical (unpaired) electrons. The topological polar surface area (TPSA) is 9.23 Å². The standard InChI is InChI=1S/C9H8BrIO/c10-7-2-1-3-8(9(7)11)12-6-4-5-6/h1-3,6H,4-5H2. The molecule has 1 nitrogen and oxygen atoms in total. The van der Waals surface area contributed by atoms with Crippen molar-refractivity contribution >= 4 is 38.5 Å². The maximum atomic E-state index is 5.70. The zero-order valence-corrected chi connectivity index (χ0v) is 10.1. The molecule has 0 amide bonds. The zero-order chi connectivity index (χ0) is 8.55. The van der Waals surface area contributed by atoms with Crippen molar-refractivity contribution in [2.24, 2.45) is 0 Å². The molecular formula is C9H8BrIO. The van der Waals surface area contributed by atoms with Gasteiger partial charge in [0.15, 0.2) is 0 Å². The summed E-state index contributed by atoms with van der Waals surface area (Å²) in [6.45, 7) is 0. The van der Waals surface area contributed by atoms with Gasteiger partial charge in [0.2, 0.25) is 0 Å². The number of halogens is 2. The van der Waals surface area contributed by atoms with Crippen molar-refractivity contribution in [2.45, 2.75) is 18.9 Å². The minimum Gasteiger partial charge on any atom is -0.489 e. The largest absolute Gasteiger partial charge is 0.489 e. The monoisotopic (exact) mass is 338 g/mol. The molecule has 0 aromatic heterocycles. The van der Waals surface area contributed by atoms with E-state index in [2.05, 4.69) is 38.5 Å². The summed E-state index contributed by atoms with van der Waals surface area (Å²) in [6.07, 6.45) is 2.90. The molecule has 2 rings (SSSR count). The Balaban J connectivity index is 2.23. The molecule has 0 unspecified atom stereocenters. The average Bonchev–Trinajstić information content (AvgIpc) is 2.83. The lowest BCUT2D eigenvalue weighted by Gasteiger charge is -2.07. The summed E-state index contributed by atoms with van der Waals surface area (Å²) in [6, 6.07) is 6.05. The quantitative estimate of drug-likeness (QED) is 0.749. The second-order valence-corrected chi connectivity index (χ2v) is 4.80. The van der Waals surface area contributed by atoms with Crippen LogP contribution in [0.15, 0.2) is 22.7 Å². The summed E-state index contributed by atoms with van der Waals surface area (Å²) >= 11 is 5.76. The van der Waals surface area contributed by atoms with E-state index in [0.29, 0.717) is 6.10 Å². The van der Waals surface area contributed by atoms with Gasteiger partial charge in [0.1, 0.15) is 5.75 Å². The first kappa shape index (κ1) is 8.81. The molecule has 1 aromatic carbocycles. The van der Waals surface area contributed by atoms with Crippen LogP contribution in [-0.4, -0.2) is 6.10 Å². The van der Waals surface area contributed by atoms with Crippen molar-refractivity contribution < 1.29 is 4.74 Å². The Bertz CT molecular complexity index is 297. The summed E-state index contributed by atoms with van der Waals surface area (Å²) in [5, 5.41) is 0. The van der Waals surface area contributed by atoms with Crippen LogP contribution in [0.1, 0.15) is 12.8 Å². The second kappa shape index (κ2) is 3.54. The predicted octanol–water partition coefficient (Wildman–Crippen LogP) is 3.59. The third kappa shape index (κ3) is 1.93. The van der Waals surface area contributed by atoms with Gasteiger partial charge < -0.3 is 4.74 Å². The Morgan fingerprint density at radius 3 is 2.83 bits per heavy atom. The fourth-order valence-corrected chi connectivity index (χ4v) is 1.78. The molecule has 1 saturated carbocycles. The van der Waals surface area contributed by atoms with Crippen LogP contribution in [0.2, 0.25) is 0 Å². The molecule has 64 valence electrons. The van der Waals surface area contributed by atoms with Crippen LogP contribution in [-0.2, 0) is 0 Å². The van der Waals surface area contributed by atoms with Crippen molar-refractivity contribution in [2.75, 3.05) is 0 Å². The van der Waals surface area contributed by atoms with Gasteiger partial charge in [0.05, 0.1) is 9.67 Å². The van der Waals surface area contributed by atoms with Crippen LogP contribution < -0.4 is 4.74 Å². The molecule has 1 aromatic rings. The van der Waals surface area contributed by atoms with E-state index in [-0.39, 0.29) is 0 Å². The molecule has 12 heavy (non-hydrogen) atoms. The van der Waals surface area contributed by atoms with Crippen molar-refractivity contribution in [1.29, 1.82) is 0 Å². The molecular weight excluding hydrogens is 331 g/mol. The summed E-state index contributed by atoms with van der Waals surface area (Å²) < 4.78 is 7.98. The lowest BCUT2D eigenvalue weighted by molar-refractivity contribution is 0.301. The smallest absolute Gasteiger partial charge is 0.134 e. The van der Waals surface area contributed by atoms with Gasteiger partial charge in [-0.05, 0) is 63.5 Å². The van der Waals surface area contributed by atoms with Crippen molar-refractivity contribution in [3.63, 3.8) is 0 Å².